The van der Waals surface area contributed by atoms with Gasteiger partial charge in [-0.1, -0.05) is 43.7 Å². The molecule has 0 spiro atoms. The highest BCUT2D eigenvalue weighted by molar-refractivity contribution is 5.78. The predicted molar refractivity (Wildman–Crippen MR) is 62.3 cm³/mol. The topological polar surface area (TPSA) is 46.5 Å². The van der Waals surface area contributed by atoms with Crippen molar-refractivity contribution in [2.75, 3.05) is 6.61 Å². The van der Waals surface area contributed by atoms with E-state index in [1.807, 2.05) is 25.1 Å². The van der Waals surface area contributed by atoms with Gasteiger partial charge in [0, 0.05) is 6.61 Å². The normalized spacial score (nSPS) is 14.4. The van der Waals surface area contributed by atoms with Crippen LogP contribution in [-0.4, -0.2) is 17.7 Å². The van der Waals surface area contributed by atoms with E-state index < -0.39 is 11.6 Å². The number of unbranched alkanes of at least 4 members (excludes halogenated alkanes) is 1. The molecule has 16 heavy (non-hydrogen) atoms. The third-order valence-corrected chi connectivity index (χ3v) is 2.62. The Bertz CT molecular complexity index is 334. The van der Waals surface area contributed by atoms with Crippen molar-refractivity contribution in [2.24, 2.45) is 0 Å². The van der Waals surface area contributed by atoms with Crippen molar-refractivity contribution >= 4 is 5.97 Å². The maximum Gasteiger partial charge on any atom is 0.340 e. The van der Waals surface area contributed by atoms with Crippen LogP contribution in [0.1, 0.15) is 32.3 Å². The number of carbonyl (C=O) groups is 1. The van der Waals surface area contributed by atoms with E-state index in [1.165, 1.54) is 0 Å². The summed E-state index contributed by atoms with van der Waals surface area (Å²) in [6.07, 6.45) is 1.86. The van der Waals surface area contributed by atoms with Gasteiger partial charge in [0.2, 0.25) is 0 Å². The minimum atomic E-state index is -1.24. The molecule has 0 bridgehead atoms. The molecule has 1 unspecified atom stereocenters. The molecule has 3 heteroatoms. The average molecular weight is 222 g/mol. The monoisotopic (exact) mass is 222 g/mol. The van der Waals surface area contributed by atoms with Gasteiger partial charge in [0.15, 0.2) is 5.60 Å². The molecule has 0 aliphatic heterocycles. The smallest absolute Gasteiger partial charge is 0.340 e. The first-order valence-corrected chi connectivity index (χ1v) is 5.54. The second-order valence-corrected chi connectivity index (χ2v) is 3.91. The van der Waals surface area contributed by atoms with Crippen molar-refractivity contribution in [3.8, 4) is 0 Å². The zero-order valence-corrected chi connectivity index (χ0v) is 9.77. The lowest BCUT2D eigenvalue weighted by Gasteiger charge is -2.25. The molecule has 0 aromatic heterocycles. The maximum atomic E-state index is 11.3. The summed E-state index contributed by atoms with van der Waals surface area (Å²) < 4.78 is 5.52. The molecule has 1 rings (SSSR count). The lowest BCUT2D eigenvalue weighted by molar-refractivity contribution is -0.165. The van der Waals surface area contributed by atoms with Crippen molar-refractivity contribution in [1.29, 1.82) is 0 Å². The van der Waals surface area contributed by atoms with E-state index in [4.69, 9.17) is 4.74 Å². The highest BCUT2D eigenvalue weighted by Gasteiger charge is 2.35. The van der Waals surface area contributed by atoms with E-state index in [1.54, 1.807) is 19.1 Å². The minimum Gasteiger partial charge on any atom is -0.479 e. The first kappa shape index (κ1) is 12.7. The van der Waals surface area contributed by atoms with Crippen LogP contribution < -0.4 is 0 Å². The van der Waals surface area contributed by atoms with Gasteiger partial charge in [-0.05, 0) is 18.9 Å². The Morgan fingerprint density at radius 2 is 2.00 bits per heavy atom. The lowest BCUT2D eigenvalue weighted by Crippen LogP contribution is -2.35. The quantitative estimate of drug-likeness (QED) is 0.753. The number of hydrogen-bond acceptors (Lipinski definition) is 2. The summed E-state index contributed by atoms with van der Waals surface area (Å²) >= 11 is 0. The summed E-state index contributed by atoms with van der Waals surface area (Å²) in [5.41, 5.74) is -0.560. The van der Waals surface area contributed by atoms with E-state index in [2.05, 4.69) is 0 Å². The van der Waals surface area contributed by atoms with Crippen molar-refractivity contribution in [1.82, 2.24) is 0 Å². The first-order chi connectivity index (χ1) is 7.61. The van der Waals surface area contributed by atoms with Gasteiger partial charge < -0.3 is 9.84 Å². The molecule has 1 N–H and O–H groups in total. The third kappa shape index (κ3) is 2.83. The van der Waals surface area contributed by atoms with Gasteiger partial charge >= 0.3 is 5.97 Å². The number of aliphatic carboxylic acids is 1. The number of carboxylic acids is 1. The van der Waals surface area contributed by atoms with E-state index >= 15 is 0 Å². The Labute approximate surface area is 96.1 Å². The Balaban J connectivity index is 2.85. The van der Waals surface area contributed by atoms with Crippen LogP contribution in [0.15, 0.2) is 30.3 Å². The van der Waals surface area contributed by atoms with Gasteiger partial charge in [0.1, 0.15) is 0 Å². The molecule has 3 nitrogen and oxygen atoms in total. The second kappa shape index (κ2) is 5.66. The standard InChI is InChI=1S/C13H18O3/c1-3-4-10-16-13(2,12(14)15)11-8-6-5-7-9-11/h5-9H,3-4,10H2,1-2H3,(H,14,15). The number of benzene rings is 1. The molecule has 0 fully saturated rings. The molecule has 1 atom stereocenters. The molecule has 0 heterocycles. The van der Waals surface area contributed by atoms with Crippen LogP contribution in [0.3, 0.4) is 0 Å². The van der Waals surface area contributed by atoms with Crippen molar-refractivity contribution in [2.45, 2.75) is 32.3 Å². The van der Waals surface area contributed by atoms with Crippen LogP contribution in [0.5, 0.6) is 0 Å². The van der Waals surface area contributed by atoms with Gasteiger partial charge in [0.05, 0.1) is 0 Å². The van der Waals surface area contributed by atoms with E-state index in [0.717, 1.165) is 12.8 Å². The fourth-order valence-corrected chi connectivity index (χ4v) is 1.45. The Kier molecular flexibility index (Phi) is 4.50. The number of hydrogen-bond donors (Lipinski definition) is 1. The molecule has 88 valence electrons. The third-order valence-electron chi connectivity index (χ3n) is 2.62. The molecule has 0 saturated heterocycles. The number of carboxylic acid groups (broad SMARTS) is 1. The zero-order valence-electron chi connectivity index (χ0n) is 9.77. The zero-order chi connectivity index (χ0) is 12.0. The number of ether oxygens (including phenoxy) is 1. The molecule has 1 aromatic carbocycles. The van der Waals surface area contributed by atoms with Crippen LogP contribution in [0.2, 0.25) is 0 Å². The van der Waals surface area contributed by atoms with Crippen molar-refractivity contribution in [3.63, 3.8) is 0 Å². The Morgan fingerprint density at radius 3 is 2.50 bits per heavy atom. The van der Waals surface area contributed by atoms with Gasteiger partial charge in [-0.3, -0.25) is 0 Å². The van der Waals surface area contributed by atoms with Crippen LogP contribution in [0, 0.1) is 0 Å². The van der Waals surface area contributed by atoms with Gasteiger partial charge in [-0.25, -0.2) is 4.79 Å². The highest BCUT2D eigenvalue weighted by Crippen LogP contribution is 2.25. The molecule has 0 amide bonds. The summed E-state index contributed by atoms with van der Waals surface area (Å²) in [6, 6.07) is 9.05. The molecule has 0 saturated carbocycles. The van der Waals surface area contributed by atoms with E-state index in [-0.39, 0.29) is 0 Å². The largest absolute Gasteiger partial charge is 0.479 e. The van der Waals surface area contributed by atoms with Gasteiger partial charge in [-0.15, -0.1) is 0 Å². The lowest BCUT2D eigenvalue weighted by atomic mass is 9.96. The predicted octanol–water partition coefficient (Wildman–Crippen LogP) is 2.80. The van der Waals surface area contributed by atoms with E-state index in [0.29, 0.717) is 12.2 Å². The number of rotatable bonds is 6. The van der Waals surface area contributed by atoms with Crippen LogP contribution in [0.25, 0.3) is 0 Å². The van der Waals surface area contributed by atoms with Gasteiger partial charge in [0.25, 0.3) is 0 Å². The van der Waals surface area contributed by atoms with Gasteiger partial charge in [-0.2, -0.15) is 0 Å². The van der Waals surface area contributed by atoms with Crippen molar-refractivity contribution in [3.05, 3.63) is 35.9 Å². The van der Waals surface area contributed by atoms with Crippen molar-refractivity contribution < 1.29 is 14.6 Å². The summed E-state index contributed by atoms with van der Waals surface area (Å²) in [5, 5.41) is 9.26. The van der Waals surface area contributed by atoms with E-state index in [9.17, 15) is 9.90 Å². The Morgan fingerprint density at radius 1 is 1.38 bits per heavy atom. The SMILES string of the molecule is CCCCOC(C)(C(=O)O)c1ccccc1. The summed E-state index contributed by atoms with van der Waals surface area (Å²) in [7, 11) is 0. The highest BCUT2D eigenvalue weighted by atomic mass is 16.5. The van der Waals surface area contributed by atoms with Crippen LogP contribution in [0.4, 0.5) is 0 Å². The molecule has 0 aliphatic rings. The average Bonchev–Trinajstić information content (AvgIpc) is 2.30. The van der Waals surface area contributed by atoms with Crippen LogP contribution in [-0.2, 0) is 15.1 Å². The molecular weight excluding hydrogens is 204 g/mol. The molecule has 0 radical (unpaired) electrons. The summed E-state index contributed by atoms with van der Waals surface area (Å²) in [4.78, 5) is 11.3. The van der Waals surface area contributed by atoms with Crippen LogP contribution >= 0.6 is 0 Å². The fraction of sp³-hybridized carbons (Fsp3) is 0.462. The molecule has 0 aliphatic carbocycles. The summed E-state index contributed by atoms with van der Waals surface area (Å²) in [5.74, 6) is -0.949. The first-order valence-electron chi connectivity index (χ1n) is 5.54. The maximum absolute atomic E-state index is 11.3. The molecular formula is C13H18O3. The summed E-state index contributed by atoms with van der Waals surface area (Å²) in [6.45, 7) is 4.11. The Hall–Kier alpha value is -1.35. The molecule has 1 aromatic rings. The minimum absolute atomic E-state index is 0.466. The second-order valence-electron chi connectivity index (χ2n) is 3.91. The fourth-order valence-electron chi connectivity index (χ4n) is 1.45.